The lowest BCUT2D eigenvalue weighted by Crippen LogP contribution is -2.06. The highest BCUT2D eigenvalue weighted by molar-refractivity contribution is 6.16. The second-order valence-electron chi connectivity index (χ2n) is 3.76. The SMILES string of the molecule is CCn1nc(C)cc1Cn1cnc(CCl)c1. The molecule has 2 aromatic heterocycles. The van der Waals surface area contributed by atoms with Crippen molar-refractivity contribution >= 4 is 11.6 Å². The van der Waals surface area contributed by atoms with Crippen LogP contribution >= 0.6 is 11.6 Å². The second-order valence-corrected chi connectivity index (χ2v) is 4.03. The fourth-order valence-electron chi connectivity index (χ4n) is 1.75. The summed E-state index contributed by atoms with van der Waals surface area (Å²) < 4.78 is 4.04. The van der Waals surface area contributed by atoms with E-state index in [1.807, 2.05) is 22.4 Å². The summed E-state index contributed by atoms with van der Waals surface area (Å²) in [6.45, 7) is 5.78. The monoisotopic (exact) mass is 238 g/mol. The molecule has 2 aromatic rings. The number of alkyl halides is 1. The maximum atomic E-state index is 5.71. The average molecular weight is 239 g/mol. The maximum absolute atomic E-state index is 5.71. The Hall–Kier alpha value is -1.29. The van der Waals surface area contributed by atoms with Crippen LogP contribution in [0.3, 0.4) is 0 Å². The molecule has 0 aromatic carbocycles. The lowest BCUT2D eigenvalue weighted by atomic mass is 10.3. The fourth-order valence-corrected chi connectivity index (χ4v) is 1.89. The molecule has 0 aliphatic rings. The van der Waals surface area contributed by atoms with Crippen molar-refractivity contribution in [2.24, 2.45) is 0 Å². The number of aryl methyl sites for hydroxylation is 2. The standard InChI is InChI=1S/C11H15ClN4/c1-3-16-11(4-9(2)14-16)7-15-6-10(5-12)13-8-15/h4,6,8H,3,5,7H2,1-2H3. The molecule has 5 heteroatoms. The quantitative estimate of drug-likeness (QED) is 0.766. The van der Waals surface area contributed by atoms with Crippen LogP contribution in [-0.2, 0) is 19.0 Å². The molecule has 0 amide bonds. The van der Waals surface area contributed by atoms with E-state index in [1.54, 1.807) is 6.33 Å². The van der Waals surface area contributed by atoms with Crippen LogP contribution in [0.4, 0.5) is 0 Å². The molecule has 2 rings (SSSR count). The van der Waals surface area contributed by atoms with Gasteiger partial charge in [-0.05, 0) is 19.9 Å². The van der Waals surface area contributed by atoms with Crippen LogP contribution in [0, 0.1) is 6.92 Å². The first-order valence-corrected chi connectivity index (χ1v) is 5.86. The number of nitrogens with zero attached hydrogens (tertiary/aromatic N) is 4. The van der Waals surface area contributed by atoms with Gasteiger partial charge in [-0.15, -0.1) is 11.6 Å². The highest BCUT2D eigenvalue weighted by atomic mass is 35.5. The Morgan fingerprint density at radius 1 is 1.44 bits per heavy atom. The molecular formula is C11H15ClN4. The van der Waals surface area contributed by atoms with Crippen LogP contribution in [0.1, 0.15) is 24.0 Å². The van der Waals surface area contributed by atoms with Crippen molar-refractivity contribution in [2.45, 2.75) is 32.8 Å². The highest BCUT2D eigenvalue weighted by Crippen LogP contribution is 2.08. The number of hydrogen-bond acceptors (Lipinski definition) is 2. The van der Waals surface area contributed by atoms with Crippen molar-refractivity contribution in [3.8, 4) is 0 Å². The number of aromatic nitrogens is 4. The molecule has 0 atom stereocenters. The van der Waals surface area contributed by atoms with E-state index in [9.17, 15) is 0 Å². The lowest BCUT2D eigenvalue weighted by molar-refractivity contribution is 0.597. The Morgan fingerprint density at radius 3 is 2.88 bits per heavy atom. The van der Waals surface area contributed by atoms with E-state index in [1.165, 1.54) is 5.69 Å². The fraction of sp³-hybridized carbons (Fsp3) is 0.455. The van der Waals surface area contributed by atoms with Gasteiger partial charge in [0.2, 0.25) is 0 Å². The minimum Gasteiger partial charge on any atom is -0.331 e. The Morgan fingerprint density at radius 2 is 2.25 bits per heavy atom. The van der Waals surface area contributed by atoms with E-state index in [2.05, 4.69) is 23.1 Å². The normalized spacial score (nSPS) is 10.9. The number of hydrogen-bond donors (Lipinski definition) is 0. The smallest absolute Gasteiger partial charge is 0.0953 e. The highest BCUT2D eigenvalue weighted by Gasteiger charge is 2.05. The molecule has 0 spiro atoms. The first-order chi connectivity index (χ1) is 7.72. The van der Waals surface area contributed by atoms with Crippen LogP contribution in [0.25, 0.3) is 0 Å². The third-order valence-electron chi connectivity index (χ3n) is 2.45. The van der Waals surface area contributed by atoms with Crippen molar-refractivity contribution in [3.63, 3.8) is 0 Å². The van der Waals surface area contributed by atoms with E-state index in [0.29, 0.717) is 5.88 Å². The van der Waals surface area contributed by atoms with Crippen molar-refractivity contribution < 1.29 is 0 Å². The molecular weight excluding hydrogens is 224 g/mol. The summed E-state index contributed by atoms with van der Waals surface area (Å²) in [7, 11) is 0. The van der Waals surface area contributed by atoms with Gasteiger partial charge in [-0.25, -0.2) is 4.98 Å². The van der Waals surface area contributed by atoms with Crippen LogP contribution < -0.4 is 0 Å². The van der Waals surface area contributed by atoms with E-state index in [4.69, 9.17) is 11.6 Å². The molecule has 0 radical (unpaired) electrons. The van der Waals surface area contributed by atoms with Gasteiger partial charge in [0.05, 0.1) is 35.8 Å². The summed E-state index contributed by atoms with van der Waals surface area (Å²) in [6.07, 6.45) is 3.77. The van der Waals surface area contributed by atoms with Gasteiger partial charge in [0.25, 0.3) is 0 Å². The molecule has 0 aliphatic carbocycles. The molecule has 86 valence electrons. The summed E-state index contributed by atoms with van der Waals surface area (Å²) in [5, 5.41) is 4.41. The minimum atomic E-state index is 0.457. The largest absolute Gasteiger partial charge is 0.331 e. The molecule has 0 unspecified atom stereocenters. The first-order valence-electron chi connectivity index (χ1n) is 5.33. The zero-order chi connectivity index (χ0) is 11.5. The van der Waals surface area contributed by atoms with E-state index in [0.717, 1.165) is 24.5 Å². The molecule has 0 N–H and O–H groups in total. The summed E-state index contributed by atoms with van der Waals surface area (Å²) in [5.74, 6) is 0.457. The van der Waals surface area contributed by atoms with Gasteiger partial charge in [0.15, 0.2) is 0 Å². The van der Waals surface area contributed by atoms with Gasteiger partial charge in [-0.3, -0.25) is 4.68 Å². The Bertz CT molecular complexity index is 472. The molecule has 0 saturated heterocycles. The van der Waals surface area contributed by atoms with Gasteiger partial charge in [-0.2, -0.15) is 5.10 Å². The summed E-state index contributed by atoms with van der Waals surface area (Å²) >= 11 is 5.71. The molecule has 0 aliphatic heterocycles. The second kappa shape index (κ2) is 4.70. The molecule has 0 saturated carbocycles. The van der Waals surface area contributed by atoms with E-state index in [-0.39, 0.29) is 0 Å². The van der Waals surface area contributed by atoms with Crippen LogP contribution in [-0.4, -0.2) is 19.3 Å². The van der Waals surface area contributed by atoms with E-state index < -0.39 is 0 Å². The number of imidazole rings is 1. The van der Waals surface area contributed by atoms with Gasteiger partial charge in [0, 0.05) is 12.7 Å². The summed E-state index contributed by atoms with van der Waals surface area (Å²) in [4.78, 5) is 4.19. The van der Waals surface area contributed by atoms with Crippen molar-refractivity contribution in [2.75, 3.05) is 0 Å². The topological polar surface area (TPSA) is 35.6 Å². The third kappa shape index (κ3) is 2.27. The Balaban J connectivity index is 2.19. The molecule has 16 heavy (non-hydrogen) atoms. The van der Waals surface area contributed by atoms with Gasteiger partial charge in [-0.1, -0.05) is 0 Å². The minimum absolute atomic E-state index is 0.457. The van der Waals surface area contributed by atoms with Gasteiger partial charge >= 0.3 is 0 Å². The van der Waals surface area contributed by atoms with Crippen LogP contribution in [0.2, 0.25) is 0 Å². The van der Waals surface area contributed by atoms with Crippen molar-refractivity contribution in [3.05, 3.63) is 35.7 Å². The predicted molar refractivity (Wildman–Crippen MR) is 63.5 cm³/mol. The third-order valence-corrected chi connectivity index (χ3v) is 2.73. The summed E-state index contributed by atoms with van der Waals surface area (Å²) in [6, 6.07) is 2.10. The van der Waals surface area contributed by atoms with Crippen LogP contribution in [0.5, 0.6) is 0 Å². The Kier molecular flexibility index (Phi) is 3.29. The first kappa shape index (κ1) is 11.2. The van der Waals surface area contributed by atoms with Crippen LogP contribution in [0.15, 0.2) is 18.6 Å². The average Bonchev–Trinajstić information content (AvgIpc) is 2.85. The number of rotatable bonds is 4. The maximum Gasteiger partial charge on any atom is 0.0953 e. The zero-order valence-electron chi connectivity index (χ0n) is 9.52. The van der Waals surface area contributed by atoms with Gasteiger partial charge in [0.1, 0.15) is 0 Å². The van der Waals surface area contributed by atoms with Gasteiger partial charge < -0.3 is 4.57 Å². The van der Waals surface area contributed by atoms with Crippen molar-refractivity contribution in [1.29, 1.82) is 0 Å². The zero-order valence-corrected chi connectivity index (χ0v) is 10.3. The van der Waals surface area contributed by atoms with E-state index >= 15 is 0 Å². The Labute approximate surface area is 99.9 Å². The molecule has 2 heterocycles. The molecule has 0 fully saturated rings. The summed E-state index contributed by atoms with van der Waals surface area (Å²) in [5.41, 5.74) is 3.15. The lowest BCUT2D eigenvalue weighted by Gasteiger charge is -2.04. The predicted octanol–water partition coefficient (Wildman–Crippen LogP) is 2.20. The molecule has 0 bridgehead atoms. The van der Waals surface area contributed by atoms with Crippen molar-refractivity contribution in [1.82, 2.24) is 19.3 Å². The molecule has 4 nitrogen and oxygen atoms in total. The number of halogens is 1.